The molecule has 182 valence electrons. The summed E-state index contributed by atoms with van der Waals surface area (Å²) in [6.45, 7) is 3.28. The maximum absolute atomic E-state index is 13.5. The molecule has 2 aromatic carbocycles. The van der Waals surface area contributed by atoms with Crippen LogP contribution in [0.4, 0.5) is 27.5 Å². The summed E-state index contributed by atoms with van der Waals surface area (Å²) < 4.78 is 40.9. The summed E-state index contributed by atoms with van der Waals surface area (Å²) in [6.07, 6.45) is 3.41. The lowest BCUT2D eigenvalue weighted by atomic mass is 10.1. The first-order chi connectivity index (χ1) is 15.8. The molecule has 11 heteroatoms. The molecule has 1 aliphatic rings. The van der Waals surface area contributed by atoms with Crippen molar-refractivity contribution in [2.24, 2.45) is 0 Å². The Hall–Kier alpha value is -2.79. The van der Waals surface area contributed by atoms with Gasteiger partial charge in [-0.3, -0.25) is 0 Å². The molecule has 1 fully saturated rings. The van der Waals surface area contributed by atoms with E-state index in [0.29, 0.717) is 35.2 Å². The predicted octanol–water partition coefficient (Wildman–Crippen LogP) is 4.21. The van der Waals surface area contributed by atoms with Gasteiger partial charge < -0.3 is 16.0 Å². The number of hydrogen-bond donors (Lipinski definition) is 3. The fourth-order valence-corrected chi connectivity index (χ4v) is 5.09. The van der Waals surface area contributed by atoms with Crippen molar-refractivity contribution in [1.29, 1.82) is 0 Å². The van der Waals surface area contributed by atoms with E-state index in [1.807, 2.05) is 0 Å². The smallest absolute Gasteiger partial charge is 0.243 e. The van der Waals surface area contributed by atoms with E-state index in [1.54, 1.807) is 62.6 Å². The fourth-order valence-electron chi connectivity index (χ4n) is 3.70. The highest BCUT2D eigenvalue weighted by Gasteiger charge is 2.28. The Morgan fingerprint density at radius 2 is 1.82 bits per heavy atom. The van der Waals surface area contributed by atoms with Crippen LogP contribution in [0.5, 0.6) is 0 Å². The van der Waals surface area contributed by atoms with E-state index in [-0.39, 0.29) is 29.2 Å². The lowest BCUT2D eigenvalue weighted by Crippen LogP contribution is -2.46. The van der Waals surface area contributed by atoms with E-state index in [1.165, 1.54) is 10.4 Å². The van der Waals surface area contributed by atoms with Gasteiger partial charge in [0.2, 0.25) is 16.0 Å². The number of anilines is 4. The van der Waals surface area contributed by atoms with Gasteiger partial charge in [-0.05, 0) is 80.4 Å². The highest BCUT2D eigenvalue weighted by atomic mass is 35.5. The molecule has 3 N–H and O–H groups in total. The van der Waals surface area contributed by atoms with Crippen LogP contribution in [-0.2, 0) is 10.0 Å². The minimum atomic E-state index is -3.58. The van der Waals surface area contributed by atoms with Crippen LogP contribution in [0, 0.1) is 12.7 Å². The third-order valence-corrected chi connectivity index (χ3v) is 7.58. The van der Waals surface area contributed by atoms with Crippen molar-refractivity contribution in [3.63, 3.8) is 0 Å². The van der Waals surface area contributed by atoms with Crippen LogP contribution in [0.3, 0.4) is 0 Å². The van der Waals surface area contributed by atoms with E-state index in [2.05, 4.69) is 25.9 Å². The van der Waals surface area contributed by atoms with Gasteiger partial charge in [0.15, 0.2) is 0 Å². The summed E-state index contributed by atoms with van der Waals surface area (Å²) in [6, 6.07) is 12.9. The van der Waals surface area contributed by atoms with Crippen LogP contribution < -0.4 is 16.0 Å². The molecule has 0 radical (unpaired) electrons. The largest absolute Gasteiger partial charge is 0.340 e. The number of benzene rings is 2. The Kier molecular flexibility index (Phi) is 8.42. The maximum Gasteiger partial charge on any atom is 0.243 e. The summed E-state index contributed by atoms with van der Waals surface area (Å²) in [4.78, 5) is 8.87. The normalized spacial score (nSPS) is 16.1. The van der Waals surface area contributed by atoms with Crippen molar-refractivity contribution in [3.8, 4) is 0 Å². The van der Waals surface area contributed by atoms with Gasteiger partial charge in [0.1, 0.15) is 11.6 Å². The third-order valence-electron chi connectivity index (χ3n) is 5.66. The molecule has 0 bridgehead atoms. The molecule has 34 heavy (non-hydrogen) atoms. The minimum Gasteiger partial charge on any atom is -0.340 e. The van der Waals surface area contributed by atoms with Gasteiger partial charge in [-0.25, -0.2) is 17.8 Å². The Labute approximate surface area is 205 Å². The summed E-state index contributed by atoms with van der Waals surface area (Å²) in [5.74, 6) is 0.623. The average Bonchev–Trinajstić information content (AvgIpc) is 2.82. The second kappa shape index (κ2) is 11.1. The number of aryl methyl sites for hydroxylation is 1. The standard InChI is InChI=1S/C23H27FN6O2S.ClH/c1-16-14-18(7-10-21(16)24)27-22-11-13-26-23(29-22)28-17-5-8-20(9-6-17)33(31,32)30(2)19-4-3-12-25-15-19;/h5-11,13-14,19,25H,3-4,12,15H2,1-2H3,(H2,26,27,28,29);1H. The highest BCUT2D eigenvalue weighted by Crippen LogP contribution is 2.23. The molecule has 1 aromatic heterocycles. The summed E-state index contributed by atoms with van der Waals surface area (Å²) in [5, 5.41) is 9.45. The Balaban J connectivity index is 0.00000324. The molecule has 2 heterocycles. The van der Waals surface area contributed by atoms with Crippen molar-refractivity contribution in [2.75, 3.05) is 30.8 Å². The van der Waals surface area contributed by atoms with Crippen molar-refractivity contribution in [1.82, 2.24) is 19.6 Å². The van der Waals surface area contributed by atoms with E-state index in [0.717, 1.165) is 19.4 Å². The van der Waals surface area contributed by atoms with E-state index >= 15 is 0 Å². The molecule has 0 aliphatic carbocycles. The summed E-state index contributed by atoms with van der Waals surface area (Å²) in [7, 11) is -1.95. The molecular formula is C23H28ClFN6O2S. The number of nitrogens with one attached hydrogen (secondary N) is 3. The minimum absolute atomic E-state index is 0. The second-order valence-electron chi connectivity index (χ2n) is 8.03. The van der Waals surface area contributed by atoms with Crippen LogP contribution in [0.2, 0.25) is 0 Å². The lowest BCUT2D eigenvalue weighted by Gasteiger charge is -2.30. The van der Waals surface area contributed by atoms with E-state index in [9.17, 15) is 12.8 Å². The number of aromatic nitrogens is 2. The lowest BCUT2D eigenvalue weighted by molar-refractivity contribution is 0.300. The van der Waals surface area contributed by atoms with Gasteiger partial charge in [-0.2, -0.15) is 9.29 Å². The number of hydrogen-bond acceptors (Lipinski definition) is 7. The SMILES string of the molecule is Cc1cc(Nc2ccnc(Nc3ccc(S(=O)(=O)N(C)C4CCCNC4)cc3)n2)ccc1F.Cl. The van der Waals surface area contributed by atoms with Crippen LogP contribution in [0.1, 0.15) is 18.4 Å². The van der Waals surface area contributed by atoms with Crippen LogP contribution in [0.15, 0.2) is 59.6 Å². The monoisotopic (exact) mass is 506 g/mol. The fraction of sp³-hybridized carbons (Fsp3) is 0.304. The predicted molar refractivity (Wildman–Crippen MR) is 134 cm³/mol. The molecule has 8 nitrogen and oxygen atoms in total. The number of halogens is 2. The molecule has 3 aromatic rings. The van der Waals surface area contributed by atoms with Gasteiger partial charge in [-0.1, -0.05) is 0 Å². The number of rotatable bonds is 7. The molecule has 1 saturated heterocycles. The molecule has 0 amide bonds. The van der Waals surface area contributed by atoms with Crippen molar-refractivity contribution in [3.05, 3.63) is 66.1 Å². The Morgan fingerprint density at radius 3 is 2.50 bits per heavy atom. The molecule has 0 spiro atoms. The molecule has 1 aliphatic heterocycles. The van der Waals surface area contributed by atoms with E-state index in [4.69, 9.17) is 0 Å². The van der Waals surface area contributed by atoms with Gasteiger partial charge in [0, 0.05) is 37.2 Å². The Morgan fingerprint density at radius 1 is 1.09 bits per heavy atom. The second-order valence-corrected chi connectivity index (χ2v) is 10.0. The van der Waals surface area contributed by atoms with Gasteiger partial charge in [0.05, 0.1) is 4.90 Å². The summed E-state index contributed by atoms with van der Waals surface area (Å²) in [5.41, 5.74) is 1.91. The zero-order valence-corrected chi connectivity index (χ0v) is 20.6. The first-order valence-electron chi connectivity index (χ1n) is 10.7. The number of likely N-dealkylation sites (N-methyl/N-ethyl adjacent to an activating group) is 1. The van der Waals surface area contributed by atoms with Crippen molar-refractivity contribution < 1.29 is 12.8 Å². The molecule has 1 unspecified atom stereocenters. The van der Waals surface area contributed by atoms with Crippen molar-refractivity contribution >= 4 is 45.6 Å². The van der Waals surface area contributed by atoms with Crippen molar-refractivity contribution in [2.45, 2.75) is 30.7 Å². The van der Waals surface area contributed by atoms with Gasteiger partial charge in [-0.15, -0.1) is 12.4 Å². The number of nitrogens with zero attached hydrogens (tertiary/aromatic N) is 3. The van der Waals surface area contributed by atoms with Crippen LogP contribution in [0.25, 0.3) is 0 Å². The molecule has 1 atom stereocenters. The number of piperidine rings is 1. The molecule has 0 saturated carbocycles. The zero-order valence-electron chi connectivity index (χ0n) is 19.0. The summed E-state index contributed by atoms with van der Waals surface area (Å²) >= 11 is 0. The number of sulfonamides is 1. The topological polar surface area (TPSA) is 99.2 Å². The maximum atomic E-state index is 13.5. The van der Waals surface area contributed by atoms with Gasteiger partial charge >= 0.3 is 0 Å². The Bertz CT molecular complexity index is 1220. The molecule has 4 rings (SSSR count). The quantitative estimate of drug-likeness (QED) is 0.441. The first-order valence-corrected chi connectivity index (χ1v) is 12.2. The van der Waals surface area contributed by atoms with Gasteiger partial charge in [0.25, 0.3) is 0 Å². The first kappa shape index (κ1) is 25.8. The zero-order chi connectivity index (χ0) is 23.4. The third kappa shape index (κ3) is 6.01. The highest BCUT2D eigenvalue weighted by molar-refractivity contribution is 7.89. The van der Waals surface area contributed by atoms with E-state index < -0.39 is 10.0 Å². The average molecular weight is 507 g/mol. The molecular weight excluding hydrogens is 479 g/mol. The van der Waals surface area contributed by atoms with Crippen LogP contribution >= 0.6 is 12.4 Å². The van der Waals surface area contributed by atoms with Crippen LogP contribution in [-0.4, -0.2) is 48.9 Å².